The third-order valence-electron chi connectivity index (χ3n) is 5.24. The van der Waals surface area contributed by atoms with E-state index in [2.05, 4.69) is 5.32 Å². The molecule has 2 aliphatic rings. The minimum absolute atomic E-state index is 0.182. The van der Waals surface area contributed by atoms with Crippen LogP contribution in [0.25, 0.3) is 0 Å². The molecule has 162 valence electrons. The second kappa shape index (κ2) is 7.51. The summed E-state index contributed by atoms with van der Waals surface area (Å²) < 4.78 is 19.6. The molecule has 0 spiro atoms. The number of aliphatic carboxylic acids is 1. The van der Waals surface area contributed by atoms with Gasteiger partial charge in [-0.3, -0.25) is 18.7 Å². The molecule has 2 heterocycles. The molecule has 3 unspecified atom stereocenters. The number of hydrogen-bond acceptors (Lipinski definition) is 6. The first-order valence-corrected chi connectivity index (χ1v) is 10.5. The van der Waals surface area contributed by atoms with Gasteiger partial charge in [0.15, 0.2) is 5.37 Å². The average Bonchev–Trinajstić information content (AvgIpc) is 2.66. The van der Waals surface area contributed by atoms with E-state index in [1.165, 1.54) is 6.92 Å². The Morgan fingerprint density at radius 3 is 2.33 bits per heavy atom. The van der Waals surface area contributed by atoms with Crippen molar-refractivity contribution in [3.8, 4) is 5.75 Å². The van der Waals surface area contributed by atoms with Crippen molar-refractivity contribution >= 4 is 28.6 Å². The molecule has 0 aromatic heterocycles. The molecule has 0 bridgehead atoms. The number of ether oxygens (including phenoxy) is 1. The standard InChI is InChI=1S/C20H24N2O7S/c1-11(24)21-20(19(2,3)4)13(10-23)14(18(26)27)22-16(25)15(17(22)30(20)28)29-12-8-6-5-7-9-12/h5-9,15,17,23H,10H2,1-4H3,(H,21,24)(H,26,27)/t15?,17-,20?,30?/m1/s1. The summed E-state index contributed by atoms with van der Waals surface area (Å²) in [5.74, 6) is -2.33. The van der Waals surface area contributed by atoms with E-state index in [1.807, 2.05) is 0 Å². The fourth-order valence-electron chi connectivity index (χ4n) is 3.99. The number of aliphatic hydroxyl groups is 1. The molecule has 3 N–H and O–H groups in total. The minimum atomic E-state index is -2.04. The predicted octanol–water partition coefficient (Wildman–Crippen LogP) is 0.574. The predicted molar refractivity (Wildman–Crippen MR) is 107 cm³/mol. The Morgan fingerprint density at radius 1 is 1.27 bits per heavy atom. The van der Waals surface area contributed by atoms with Crippen LogP contribution in [0.4, 0.5) is 0 Å². The monoisotopic (exact) mass is 436 g/mol. The number of β-lactam (4-membered cyclic amide) rings is 1. The van der Waals surface area contributed by atoms with Crippen LogP contribution >= 0.6 is 0 Å². The normalized spacial score (nSPS) is 28.5. The number of benzene rings is 1. The van der Waals surface area contributed by atoms with Crippen LogP contribution < -0.4 is 10.1 Å². The Labute approximate surface area is 176 Å². The quantitative estimate of drug-likeness (QED) is 0.575. The van der Waals surface area contributed by atoms with Crippen molar-refractivity contribution in [1.29, 1.82) is 0 Å². The lowest BCUT2D eigenvalue weighted by molar-refractivity contribution is -0.158. The van der Waals surface area contributed by atoms with Crippen molar-refractivity contribution in [2.45, 2.75) is 44.0 Å². The van der Waals surface area contributed by atoms with E-state index in [-0.39, 0.29) is 5.57 Å². The first-order chi connectivity index (χ1) is 14.0. The van der Waals surface area contributed by atoms with Crippen LogP contribution in [0.3, 0.4) is 0 Å². The number of amides is 2. The van der Waals surface area contributed by atoms with Crippen LogP contribution in [-0.2, 0) is 25.2 Å². The molecule has 4 atom stereocenters. The topological polar surface area (TPSA) is 133 Å². The summed E-state index contributed by atoms with van der Waals surface area (Å²) in [7, 11) is -2.04. The van der Waals surface area contributed by atoms with Crippen LogP contribution in [-0.4, -0.2) is 60.1 Å². The van der Waals surface area contributed by atoms with Gasteiger partial charge in [0, 0.05) is 17.9 Å². The molecule has 0 saturated carbocycles. The summed E-state index contributed by atoms with van der Waals surface area (Å²) >= 11 is 0. The van der Waals surface area contributed by atoms with Gasteiger partial charge in [-0.2, -0.15) is 0 Å². The van der Waals surface area contributed by atoms with Gasteiger partial charge in [-0.05, 0) is 12.1 Å². The Hall–Kier alpha value is -2.72. The molecule has 1 saturated heterocycles. The molecule has 0 radical (unpaired) electrons. The van der Waals surface area contributed by atoms with E-state index in [4.69, 9.17) is 4.74 Å². The number of carbonyl (C=O) groups excluding carboxylic acids is 2. The molecular weight excluding hydrogens is 412 g/mol. The van der Waals surface area contributed by atoms with Gasteiger partial charge in [0.2, 0.25) is 12.0 Å². The largest absolute Gasteiger partial charge is 0.477 e. The van der Waals surface area contributed by atoms with E-state index in [9.17, 15) is 28.8 Å². The van der Waals surface area contributed by atoms with Gasteiger partial charge in [-0.1, -0.05) is 39.0 Å². The average molecular weight is 436 g/mol. The summed E-state index contributed by atoms with van der Waals surface area (Å²) in [6.45, 7) is 5.46. The van der Waals surface area contributed by atoms with Gasteiger partial charge in [0.1, 0.15) is 16.3 Å². The van der Waals surface area contributed by atoms with Gasteiger partial charge in [0.05, 0.1) is 17.4 Å². The summed E-state index contributed by atoms with van der Waals surface area (Å²) in [6, 6.07) is 8.43. The highest BCUT2D eigenvalue weighted by molar-refractivity contribution is 7.87. The van der Waals surface area contributed by atoms with E-state index in [0.717, 1.165) is 4.90 Å². The van der Waals surface area contributed by atoms with Gasteiger partial charge in [-0.25, -0.2) is 4.79 Å². The molecule has 9 nitrogen and oxygen atoms in total. The number of hydrogen-bond donors (Lipinski definition) is 3. The van der Waals surface area contributed by atoms with Crippen molar-refractivity contribution in [2.24, 2.45) is 5.41 Å². The highest BCUT2D eigenvalue weighted by atomic mass is 32.2. The number of fused-ring (bicyclic) bond motifs is 1. The molecular formula is C20H24N2O7S. The molecule has 1 aromatic carbocycles. The molecule has 1 fully saturated rings. The summed E-state index contributed by atoms with van der Waals surface area (Å²) in [6.07, 6.45) is -1.20. The van der Waals surface area contributed by atoms with Crippen LogP contribution in [0.2, 0.25) is 0 Å². The number of aliphatic hydroxyl groups excluding tert-OH is 1. The first kappa shape index (κ1) is 22.0. The number of carbonyl (C=O) groups is 3. The molecule has 3 rings (SSSR count). The van der Waals surface area contributed by atoms with E-state index >= 15 is 0 Å². The van der Waals surface area contributed by atoms with Crippen molar-refractivity contribution in [2.75, 3.05) is 6.61 Å². The Morgan fingerprint density at radius 2 is 1.87 bits per heavy atom. The van der Waals surface area contributed by atoms with Crippen LogP contribution in [0.5, 0.6) is 5.75 Å². The van der Waals surface area contributed by atoms with Gasteiger partial charge in [0.25, 0.3) is 5.91 Å². The lowest BCUT2D eigenvalue weighted by Crippen LogP contribution is -2.78. The van der Waals surface area contributed by atoms with Crippen molar-refractivity contribution in [3.05, 3.63) is 41.6 Å². The third-order valence-corrected chi connectivity index (χ3v) is 7.70. The number of para-hydroxylation sites is 1. The summed E-state index contributed by atoms with van der Waals surface area (Å²) in [5, 5.41) is 21.4. The maximum absolute atomic E-state index is 13.9. The summed E-state index contributed by atoms with van der Waals surface area (Å²) in [4.78, 5) is 36.2. The first-order valence-electron chi connectivity index (χ1n) is 9.29. The highest BCUT2D eigenvalue weighted by Gasteiger charge is 2.68. The van der Waals surface area contributed by atoms with Crippen molar-refractivity contribution in [3.63, 3.8) is 0 Å². The number of rotatable bonds is 5. The van der Waals surface area contributed by atoms with E-state index in [0.29, 0.717) is 5.75 Å². The van der Waals surface area contributed by atoms with Crippen LogP contribution in [0.1, 0.15) is 27.7 Å². The minimum Gasteiger partial charge on any atom is -0.477 e. The molecule has 10 heteroatoms. The number of nitrogens with one attached hydrogen (secondary N) is 1. The van der Waals surface area contributed by atoms with Gasteiger partial charge in [-0.15, -0.1) is 0 Å². The maximum atomic E-state index is 13.9. The number of carboxylic acid groups (broad SMARTS) is 1. The second-order valence-electron chi connectivity index (χ2n) is 8.15. The van der Waals surface area contributed by atoms with Crippen LogP contribution in [0.15, 0.2) is 41.6 Å². The number of carboxylic acids is 1. The zero-order valence-electron chi connectivity index (χ0n) is 17.0. The molecule has 1 aromatic rings. The zero-order chi connectivity index (χ0) is 22.4. The fraction of sp³-hybridized carbons (Fsp3) is 0.450. The fourth-order valence-corrected chi connectivity index (χ4v) is 6.40. The lowest BCUT2D eigenvalue weighted by atomic mass is 9.79. The molecule has 30 heavy (non-hydrogen) atoms. The molecule has 0 aliphatic carbocycles. The maximum Gasteiger partial charge on any atom is 0.352 e. The smallest absolute Gasteiger partial charge is 0.352 e. The molecule has 2 aliphatic heterocycles. The van der Waals surface area contributed by atoms with Crippen molar-refractivity contribution < 1.29 is 33.5 Å². The second-order valence-corrected chi connectivity index (χ2v) is 9.84. The van der Waals surface area contributed by atoms with Crippen molar-refractivity contribution in [1.82, 2.24) is 10.2 Å². The van der Waals surface area contributed by atoms with Gasteiger partial charge >= 0.3 is 5.97 Å². The summed E-state index contributed by atoms with van der Waals surface area (Å²) in [5.41, 5.74) is -1.63. The Balaban J connectivity index is 2.21. The zero-order valence-corrected chi connectivity index (χ0v) is 17.9. The lowest BCUT2D eigenvalue weighted by Gasteiger charge is -2.57. The Bertz CT molecular complexity index is 954. The third kappa shape index (κ3) is 3.10. The number of nitrogens with zero attached hydrogens (tertiary/aromatic N) is 1. The highest BCUT2D eigenvalue weighted by Crippen LogP contribution is 2.50. The molecule has 2 amide bonds. The van der Waals surface area contributed by atoms with E-state index in [1.54, 1.807) is 51.1 Å². The Kier molecular flexibility index (Phi) is 5.50. The van der Waals surface area contributed by atoms with Gasteiger partial charge < -0.3 is 20.3 Å². The van der Waals surface area contributed by atoms with E-state index < -0.39 is 62.7 Å². The SMILES string of the molecule is CC(=O)NC1(C(C)(C)C)C(CO)=C(C(=O)O)N2C(=O)C(Oc3ccccc3)[C@H]2S1=O. The van der Waals surface area contributed by atoms with Crippen LogP contribution in [0, 0.1) is 5.41 Å².